The Hall–Kier alpha value is -3.14. The van der Waals surface area contributed by atoms with Crippen LogP contribution >= 0.6 is 0 Å². The molecular weight excluding hydrogens is 322 g/mol. The highest BCUT2D eigenvalue weighted by atomic mass is 16.1. The highest BCUT2D eigenvalue weighted by Crippen LogP contribution is 2.19. The van der Waals surface area contributed by atoms with Gasteiger partial charge in [0.15, 0.2) is 0 Å². The minimum Gasteiger partial charge on any atom is -0.377 e. The number of aromatic nitrogens is 1. The summed E-state index contributed by atoms with van der Waals surface area (Å²) in [6, 6.07) is 20.3. The molecule has 0 radical (unpaired) electrons. The third kappa shape index (κ3) is 4.70. The standard InChI is InChI=1S/C22H23N3O/c1-16-8-10-18(11-9-16)13-24-22(26)20-12-21(15-23-14-20)25-17(2)19-6-4-3-5-7-19/h3-12,14-15,17,25H,13H2,1-2H3,(H,24,26). The quantitative estimate of drug-likeness (QED) is 0.692. The molecule has 1 amide bonds. The van der Waals surface area contributed by atoms with Crippen molar-refractivity contribution in [3.63, 3.8) is 0 Å². The number of amides is 1. The van der Waals surface area contributed by atoms with Crippen LogP contribution in [0.5, 0.6) is 0 Å². The molecular formula is C22H23N3O. The molecule has 0 fully saturated rings. The molecule has 1 aromatic heterocycles. The molecule has 1 atom stereocenters. The van der Waals surface area contributed by atoms with Gasteiger partial charge < -0.3 is 10.6 Å². The summed E-state index contributed by atoms with van der Waals surface area (Å²) in [5.41, 5.74) is 4.83. The molecule has 3 aromatic rings. The van der Waals surface area contributed by atoms with Gasteiger partial charge in [-0.15, -0.1) is 0 Å². The van der Waals surface area contributed by atoms with E-state index in [0.29, 0.717) is 12.1 Å². The third-order valence-electron chi connectivity index (χ3n) is 4.26. The van der Waals surface area contributed by atoms with Crippen molar-refractivity contribution in [2.45, 2.75) is 26.4 Å². The number of rotatable bonds is 6. The van der Waals surface area contributed by atoms with Crippen LogP contribution in [0.25, 0.3) is 0 Å². The summed E-state index contributed by atoms with van der Waals surface area (Å²) in [5, 5.41) is 6.33. The van der Waals surface area contributed by atoms with Crippen molar-refractivity contribution in [3.8, 4) is 0 Å². The first-order valence-electron chi connectivity index (χ1n) is 8.72. The van der Waals surface area contributed by atoms with Crippen molar-refractivity contribution in [1.82, 2.24) is 10.3 Å². The minimum atomic E-state index is -0.130. The Balaban J connectivity index is 1.62. The molecule has 1 unspecified atom stereocenters. The summed E-state index contributed by atoms with van der Waals surface area (Å²) in [7, 11) is 0. The van der Waals surface area contributed by atoms with Gasteiger partial charge in [-0.1, -0.05) is 60.2 Å². The number of nitrogens with zero attached hydrogens (tertiary/aromatic N) is 1. The third-order valence-corrected chi connectivity index (χ3v) is 4.26. The molecule has 0 aliphatic heterocycles. The minimum absolute atomic E-state index is 0.129. The fourth-order valence-corrected chi connectivity index (χ4v) is 2.71. The number of anilines is 1. The van der Waals surface area contributed by atoms with Gasteiger partial charge in [0.25, 0.3) is 5.91 Å². The molecule has 0 bridgehead atoms. The Morgan fingerprint density at radius 2 is 1.77 bits per heavy atom. The number of hydrogen-bond donors (Lipinski definition) is 2. The summed E-state index contributed by atoms with van der Waals surface area (Å²) in [6.45, 7) is 4.62. The van der Waals surface area contributed by atoms with Crippen molar-refractivity contribution < 1.29 is 4.79 Å². The van der Waals surface area contributed by atoms with Crippen molar-refractivity contribution in [2.24, 2.45) is 0 Å². The lowest BCUT2D eigenvalue weighted by Gasteiger charge is -2.16. The molecule has 2 aromatic carbocycles. The van der Waals surface area contributed by atoms with E-state index >= 15 is 0 Å². The Labute approximate surface area is 154 Å². The van der Waals surface area contributed by atoms with Gasteiger partial charge in [0.2, 0.25) is 0 Å². The van der Waals surface area contributed by atoms with E-state index in [4.69, 9.17) is 0 Å². The number of benzene rings is 2. The van der Waals surface area contributed by atoms with Gasteiger partial charge in [-0.2, -0.15) is 0 Å². The predicted octanol–water partition coefficient (Wildman–Crippen LogP) is 4.49. The monoisotopic (exact) mass is 345 g/mol. The van der Waals surface area contributed by atoms with E-state index in [-0.39, 0.29) is 11.9 Å². The number of hydrogen-bond acceptors (Lipinski definition) is 3. The fourth-order valence-electron chi connectivity index (χ4n) is 2.71. The lowest BCUT2D eigenvalue weighted by Crippen LogP contribution is -2.23. The van der Waals surface area contributed by atoms with Gasteiger partial charge in [-0.3, -0.25) is 9.78 Å². The second kappa shape index (κ2) is 8.30. The van der Waals surface area contributed by atoms with Crippen molar-refractivity contribution in [2.75, 3.05) is 5.32 Å². The summed E-state index contributed by atoms with van der Waals surface area (Å²) in [4.78, 5) is 16.6. The van der Waals surface area contributed by atoms with Crippen LogP contribution in [0.2, 0.25) is 0 Å². The maximum Gasteiger partial charge on any atom is 0.253 e. The van der Waals surface area contributed by atoms with Gasteiger partial charge >= 0.3 is 0 Å². The topological polar surface area (TPSA) is 54.0 Å². The molecule has 0 saturated carbocycles. The molecule has 0 saturated heterocycles. The van der Waals surface area contributed by atoms with Gasteiger partial charge in [0.05, 0.1) is 11.3 Å². The molecule has 2 N–H and O–H groups in total. The van der Waals surface area contributed by atoms with E-state index in [9.17, 15) is 4.79 Å². The molecule has 1 heterocycles. The lowest BCUT2D eigenvalue weighted by atomic mass is 10.1. The van der Waals surface area contributed by atoms with Crippen LogP contribution in [0, 0.1) is 6.92 Å². The Kier molecular flexibility index (Phi) is 5.64. The van der Waals surface area contributed by atoms with Crippen LogP contribution in [0.1, 0.15) is 40.0 Å². The normalized spacial score (nSPS) is 11.6. The smallest absolute Gasteiger partial charge is 0.253 e. The number of carbonyl (C=O) groups is 1. The largest absolute Gasteiger partial charge is 0.377 e. The molecule has 26 heavy (non-hydrogen) atoms. The summed E-state index contributed by atoms with van der Waals surface area (Å²) in [6.07, 6.45) is 3.32. The van der Waals surface area contributed by atoms with Gasteiger partial charge in [-0.05, 0) is 31.0 Å². The molecule has 0 spiro atoms. The highest BCUT2D eigenvalue weighted by Gasteiger charge is 2.09. The fraction of sp³-hybridized carbons (Fsp3) is 0.182. The van der Waals surface area contributed by atoms with E-state index in [2.05, 4.69) is 34.7 Å². The second-order valence-electron chi connectivity index (χ2n) is 6.41. The second-order valence-corrected chi connectivity index (χ2v) is 6.41. The number of nitrogens with one attached hydrogen (secondary N) is 2. The van der Waals surface area contributed by atoms with Crippen LogP contribution in [0.3, 0.4) is 0 Å². The number of pyridine rings is 1. The van der Waals surface area contributed by atoms with Crippen molar-refractivity contribution >= 4 is 11.6 Å². The van der Waals surface area contributed by atoms with Gasteiger partial charge in [0, 0.05) is 25.0 Å². The molecule has 132 valence electrons. The van der Waals surface area contributed by atoms with Crippen LogP contribution in [-0.4, -0.2) is 10.9 Å². The molecule has 0 aliphatic carbocycles. The zero-order valence-corrected chi connectivity index (χ0v) is 15.1. The van der Waals surface area contributed by atoms with Crippen LogP contribution < -0.4 is 10.6 Å². The zero-order chi connectivity index (χ0) is 18.4. The number of carbonyl (C=O) groups excluding carboxylic acids is 1. The summed E-state index contributed by atoms with van der Waals surface area (Å²) < 4.78 is 0. The summed E-state index contributed by atoms with van der Waals surface area (Å²) in [5.74, 6) is -0.130. The first-order valence-corrected chi connectivity index (χ1v) is 8.72. The number of aryl methyl sites for hydroxylation is 1. The molecule has 4 heteroatoms. The first-order chi connectivity index (χ1) is 12.6. The molecule has 4 nitrogen and oxygen atoms in total. The lowest BCUT2D eigenvalue weighted by molar-refractivity contribution is 0.0950. The van der Waals surface area contributed by atoms with E-state index in [1.54, 1.807) is 12.4 Å². The van der Waals surface area contributed by atoms with E-state index in [1.165, 1.54) is 11.1 Å². The first kappa shape index (κ1) is 17.7. The van der Waals surface area contributed by atoms with E-state index in [1.807, 2.05) is 55.5 Å². The maximum absolute atomic E-state index is 12.4. The van der Waals surface area contributed by atoms with Gasteiger partial charge in [-0.25, -0.2) is 0 Å². The zero-order valence-electron chi connectivity index (χ0n) is 15.1. The summed E-state index contributed by atoms with van der Waals surface area (Å²) >= 11 is 0. The average Bonchev–Trinajstić information content (AvgIpc) is 2.68. The van der Waals surface area contributed by atoms with Crippen molar-refractivity contribution in [1.29, 1.82) is 0 Å². The Morgan fingerprint density at radius 1 is 1.04 bits per heavy atom. The maximum atomic E-state index is 12.4. The SMILES string of the molecule is Cc1ccc(CNC(=O)c2cncc(NC(C)c3ccccc3)c2)cc1. The average molecular weight is 345 g/mol. The van der Waals surface area contributed by atoms with E-state index < -0.39 is 0 Å². The Bertz CT molecular complexity index is 860. The molecule has 3 rings (SSSR count). The van der Waals surface area contributed by atoms with Crippen LogP contribution in [-0.2, 0) is 6.54 Å². The van der Waals surface area contributed by atoms with Crippen LogP contribution in [0.15, 0.2) is 73.1 Å². The Morgan fingerprint density at radius 3 is 2.50 bits per heavy atom. The van der Waals surface area contributed by atoms with E-state index in [0.717, 1.165) is 11.3 Å². The van der Waals surface area contributed by atoms with Crippen molar-refractivity contribution in [3.05, 3.63) is 95.3 Å². The predicted molar refractivity (Wildman–Crippen MR) is 105 cm³/mol. The van der Waals surface area contributed by atoms with Crippen LogP contribution in [0.4, 0.5) is 5.69 Å². The molecule has 0 aliphatic rings. The van der Waals surface area contributed by atoms with Gasteiger partial charge in [0.1, 0.15) is 0 Å². The highest BCUT2D eigenvalue weighted by molar-refractivity contribution is 5.94.